The van der Waals surface area contributed by atoms with E-state index in [-0.39, 0.29) is 37.9 Å². The fourth-order valence-corrected chi connectivity index (χ4v) is 7.49. The van der Waals surface area contributed by atoms with Gasteiger partial charge in [0.1, 0.15) is 18.5 Å². The zero-order valence-electron chi connectivity index (χ0n) is 34.3. The summed E-state index contributed by atoms with van der Waals surface area (Å²) in [5.74, 6) is -1.50. The Morgan fingerprint density at radius 2 is 1.32 bits per heavy atom. The van der Waals surface area contributed by atoms with Crippen LogP contribution in [0.4, 0.5) is 0 Å². The summed E-state index contributed by atoms with van der Waals surface area (Å²) in [5, 5.41) is 49.6. The van der Waals surface area contributed by atoms with E-state index < -0.39 is 88.5 Å². The lowest BCUT2D eigenvalue weighted by Gasteiger charge is -2.20. The Balaban J connectivity index is 2.51. The summed E-state index contributed by atoms with van der Waals surface area (Å²) < 4.78 is 32.5. The molecule has 0 aromatic heterocycles. The lowest BCUT2D eigenvalue weighted by Crippen LogP contribution is -2.29. The lowest BCUT2D eigenvalue weighted by atomic mass is 9.87. The summed E-state index contributed by atoms with van der Waals surface area (Å²) in [6, 6.07) is 0. The van der Waals surface area contributed by atoms with Crippen molar-refractivity contribution in [1.29, 1.82) is 0 Å². The summed E-state index contributed by atoms with van der Waals surface area (Å²) in [6.45, 7) is 4.11. The Morgan fingerprint density at radius 1 is 0.750 bits per heavy atom. The number of ketones is 1. The summed E-state index contributed by atoms with van der Waals surface area (Å²) in [5.41, 5.74) is 0. The van der Waals surface area contributed by atoms with Crippen molar-refractivity contribution in [3.05, 3.63) is 12.2 Å². The number of hydrogen-bond acceptors (Lipinski definition) is 13. The Kier molecular flexibility index (Phi) is 29.1. The molecule has 0 bridgehead atoms. The minimum atomic E-state index is -4.70. The number of carbonyl (C=O) groups is 3. The van der Waals surface area contributed by atoms with E-state index in [2.05, 4.69) is 25.3 Å². The van der Waals surface area contributed by atoms with E-state index in [4.69, 9.17) is 19.1 Å². The summed E-state index contributed by atoms with van der Waals surface area (Å²) >= 11 is 0. The third-order valence-corrected chi connectivity index (χ3v) is 11.0. The minimum Gasteiger partial charge on any atom is -0.462 e. The fourth-order valence-electron chi connectivity index (χ4n) is 6.70. The van der Waals surface area contributed by atoms with E-state index in [1.54, 1.807) is 12.2 Å². The van der Waals surface area contributed by atoms with Crippen molar-refractivity contribution in [3.8, 4) is 0 Å². The van der Waals surface area contributed by atoms with Crippen molar-refractivity contribution in [2.75, 3.05) is 26.4 Å². The maximum atomic E-state index is 12.8. The van der Waals surface area contributed by atoms with Crippen LogP contribution < -0.4 is 0 Å². The van der Waals surface area contributed by atoms with E-state index in [9.17, 15) is 44.3 Å². The average Bonchev–Trinajstić information content (AvgIpc) is 3.41. The molecule has 8 atom stereocenters. The van der Waals surface area contributed by atoms with Gasteiger partial charge in [-0.3, -0.25) is 23.4 Å². The highest BCUT2D eigenvalue weighted by Gasteiger charge is 2.41. The number of ether oxygens (including phenoxy) is 2. The monoisotopic (exact) mass is 822 g/mol. The molecule has 328 valence electrons. The number of aliphatic hydroxyl groups is 5. The predicted octanol–water partition coefficient (Wildman–Crippen LogP) is 6.25. The van der Waals surface area contributed by atoms with Crippen molar-refractivity contribution in [2.24, 2.45) is 17.8 Å². The standard InChI is InChI=1S/C41H75O14P/c1-4-5-13-19-32(43)23-24-36-37(39(47)26-38(36)46)25-33(44)20-16-17-21-40(48)52-29-35(30-54-56(50,51)53-28-34(45)27-42)55-41(49)22-15-12-10-8-6-7-9-11-14-18-31(2)3/h23-24,31-32,34-39,42-43,45-47H,4-22,25-30H2,1-3H3,(H,50,51)/b24-23+/t32-,34-,35+,36+,37+,38+,39-/m0/s1. The first-order chi connectivity index (χ1) is 26.7. The van der Waals surface area contributed by atoms with Gasteiger partial charge in [-0.2, -0.15) is 0 Å². The third-order valence-electron chi connectivity index (χ3n) is 10.1. The number of unbranched alkanes of at least 4 members (excludes halogenated alkanes) is 11. The van der Waals surface area contributed by atoms with Crippen LogP contribution in [0.3, 0.4) is 0 Å². The second kappa shape index (κ2) is 31.2. The number of phosphoric ester groups is 1. The molecule has 1 aliphatic rings. The van der Waals surface area contributed by atoms with Crippen LogP contribution in [0, 0.1) is 17.8 Å². The van der Waals surface area contributed by atoms with Gasteiger partial charge in [0, 0.05) is 43.9 Å². The van der Waals surface area contributed by atoms with E-state index in [0.717, 1.165) is 50.9 Å². The first-order valence-electron chi connectivity index (χ1n) is 21.2. The summed E-state index contributed by atoms with van der Waals surface area (Å²) in [4.78, 5) is 47.9. The van der Waals surface area contributed by atoms with Gasteiger partial charge in [0.25, 0.3) is 0 Å². The molecule has 0 saturated heterocycles. The average molecular weight is 823 g/mol. The third kappa shape index (κ3) is 26.3. The van der Waals surface area contributed by atoms with Crippen molar-refractivity contribution in [1.82, 2.24) is 0 Å². The SMILES string of the molecule is CCCCC[C@H](O)/C=C/[C@@H]1[C@@H](CC(=O)CCCCC(=O)OC[C@H](COP(=O)(O)OC[C@@H](O)CO)OC(=O)CCCCCCCCCCCC(C)C)[C@@H](O)C[C@H]1O. The van der Waals surface area contributed by atoms with Gasteiger partial charge in [0.2, 0.25) is 0 Å². The fraction of sp³-hybridized carbons (Fsp3) is 0.878. The van der Waals surface area contributed by atoms with E-state index in [0.29, 0.717) is 25.7 Å². The van der Waals surface area contributed by atoms with E-state index in [1.807, 2.05) is 0 Å². The largest absolute Gasteiger partial charge is 0.472 e. The molecule has 0 radical (unpaired) electrons. The van der Waals surface area contributed by atoms with Crippen LogP contribution in [0.1, 0.15) is 156 Å². The number of Topliss-reactive ketones (excluding diaryl/α,β-unsaturated/α-hetero) is 1. The second-order valence-electron chi connectivity index (χ2n) is 15.8. The molecule has 0 aromatic rings. The molecule has 0 heterocycles. The molecule has 15 heteroatoms. The molecule has 0 spiro atoms. The number of rotatable bonds is 35. The van der Waals surface area contributed by atoms with Crippen LogP contribution in [0.25, 0.3) is 0 Å². The van der Waals surface area contributed by atoms with Gasteiger partial charge < -0.3 is 39.9 Å². The van der Waals surface area contributed by atoms with Crippen LogP contribution in [0.2, 0.25) is 0 Å². The van der Waals surface area contributed by atoms with Gasteiger partial charge in [0.15, 0.2) is 6.10 Å². The quantitative estimate of drug-likeness (QED) is 0.0180. The van der Waals surface area contributed by atoms with Crippen LogP contribution in [0.5, 0.6) is 0 Å². The van der Waals surface area contributed by atoms with Crippen molar-refractivity contribution < 1.29 is 67.9 Å². The number of carbonyl (C=O) groups excluding carboxylic acids is 3. The molecule has 1 aliphatic carbocycles. The zero-order chi connectivity index (χ0) is 41.8. The molecular formula is C41H75O14P. The maximum Gasteiger partial charge on any atom is 0.472 e. The van der Waals surface area contributed by atoms with Crippen molar-refractivity contribution >= 4 is 25.5 Å². The van der Waals surface area contributed by atoms with Gasteiger partial charge in [-0.25, -0.2) is 4.57 Å². The molecule has 1 saturated carbocycles. The molecule has 1 rings (SSSR count). The summed E-state index contributed by atoms with van der Waals surface area (Å²) in [7, 11) is -4.70. The van der Waals surface area contributed by atoms with E-state index >= 15 is 0 Å². The zero-order valence-corrected chi connectivity index (χ0v) is 35.2. The van der Waals surface area contributed by atoms with Crippen LogP contribution in [0.15, 0.2) is 12.2 Å². The Morgan fingerprint density at radius 3 is 1.96 bits per heavy atom. The molecule has 0 aliphatic heterocycles. The first-order valence-corrected chi connectivity index (χ1v) is 22.7. The summed E-state index contributed by atoms with van der Waals surface area (Å²) in [6.07, 6.45) is 14.1. The number of esters is 2. The lowest BCUT2D eigenvalue weighted by molar-refractivity contribution is -0.161. The highest BCUT2D eigenvalue weighted by atomic mass is 31.2. The van der Waals surface area contributed by atoms with Crippen LogP contribution in [-0.2, 0) is 37.5 Å². The number of aliphatic hydroxyl groups excluding tert-OH is 5. The van der Waals surface area contributed by atoms with Crippen LogP contribution in [-0.4, -0.2) is 105 Å². The molecule has 6 N–H and O–H groups in total. The predicted molar refractivity (Wildman–Crippen MR) is 212 cm³/mol. The topological polar surface area (TPSA) is 227 Å². The number of hydrogen-bond donors (Lipinski definition) is 6. The minimum absolute atomic E-state index is 0.0422. The van der Waals surface area contributed by atoms with E-state index in [1.165, 1.54) is 32.1 Å². The molecule has 0 aromatic carbocycles. The molecule has 56 heavy (non-hydrogen) atoms. The smallest absolute Gasteiger partial charge is 0.462 e. The molecule has 1 unspecified atom stereocenters. The van der Waals surface area contributed by atoms with Gasteiger partial charge >= 0.3 is 19.8 Å². The highest BCUT2D eigenvalue weighted by molar-refractivity contribution is 7.47. The Labute approximate surface area is 335 Å². The molecule has 0 amide bonds. The van der Waals surface area contributed by atoms with Crippen molar-refractivity contribution in [3.63, 3.8) is 0 Å². The van der Waals surface area contributed by atoms with Crippen molar-refractivity contribution in [2.45, 2.75) is 186 Å². The molecular weight excluding hydrogens is 747 g/mol. The van der Waals surface area contributed by atoms with Gasteiger partial charge in [-0.05, 0) is 31.6 Å². The normalized spacial score (nSPS) is 21.2. The highest BCUT2D eigenvalue weighted by Crippen LogP contribution is 2.43. The van der Waals surface area contributed by atoms with Gasteiger partial charge in [0.05, 0.1) is 38.1 Å². The first kappa shape index (κ1) is 52.3. The number of phosphoric acid groups is 1. The second-order valence-corrected chi connectivity index (χ2v) is 17.3. The van der Waals surface area contributed by atoms with Gasteiger partial charge in [-0.1, -0.05) is 110 Å². The maximum absolute atomic E-state index is 12.8. The Hall–Kier alpha value is -1.74. The molecule has 14 nitrogen and oxygen atoms in total. The van der Waals surface area contributed by atoms with Crippen LogP contribution >= 0.6 is 7.82 Å². The Bertz CT molecular complexity index is 1130. The molecule has 1 fully saturated rings. The van der Waals surface area contributed by atoms with Gasteiger partial charge in [-0.15, -0.1) is 0 Å².